The topological polar surface area (TPSA) is 189 Å². The molecule has 42 heavy (non-hydrogen) atoms. The number of hydrogen-bond acceptors (Lipinski definition) is 10. The minimum absolute atomic E-state index is 0. The van der Waals surface area contributed by atoms with Gasteiger partial charge < -0.3 is 9.11 Å². The second-order valence-corrected chi connectivity index (χ2v) is 11.6. The predicted molar refractivity (Wildman–Crippen MR) is 135 cm³/mol. The van der Waals surface area contributed by atoms with E-state index in [1.165, 1.54) is 24.3 Å². The predicted octanol–water partition coefficient (Wildman–Crippen LogP) is -3.74. The van der Waals surface area contributed by atoms with Crippen molar-refractivity contribution in [2.75, 3.05) is 9.80 Å². The minimum atomic E-state index is -4.76. The van der Waals surface area contributed by atoms with Gasteiger partial charge in [-0.25, -0.2) is 26.6 Å². The first-order valence-electron chi connectivity index (χ1n) is 11.3. The third-order valence-corrected chi connectivity index (χ3v) is 8.36. The van der Waals surface area contributed by atoms with E-state index in [1.54, 1.807) is 0 Å². The first-order chi connectivity index (χ1) is 18.8. The van der Waals surface area contributed by atoms with Crippen LogP contribution < -0.4 is 68.9 Å². The quantitative estimate of drug-likeness (QED) is 0.124. The maximum absolute atomic E-state index is 13.5. The molecule has 6 rings (SSSR count). The zero-order chi connectivity index (χ0) is 28.7. The monoisotopic (exact) mass is 622 g/mol. The molecule has 4 aromatic rings. The van der Waals surface area contributed by atoms with Gasteiger partial charge in [0.1, 0.15) is 20.2 Å². The van der Waals surface area contributed by atoms with Crippen LogP contribution in [0, 0.1) is 0 Å². The molecule has 0 fully saturated rings. The van der Waals surface area contributed by atoms with Crippen LogP contribution in [0.4, 0.5) is 11.4 Å². The Balaban J connectivity index is 0.00000202. The Bertz CT molecular complexity index is 1860. The summed E-state index contributed by atoms with van der Waals surface area (Å²) in [5.74, 6) is -3.18. The van der Waals surface area contributed by atoms with Crippen LogP contribution in [0.5, 0.6) is 0 Å². The molecular formula is C26H12N2Na2O10S2. The van der Waals surface area contributed by atoms with Crippen LogP contribution in [0.25, 0.3) is 10.8 Å². The minimum Gasteiger partial charge on any atom is -0.744 e. The van der Waals surface area contributed by atoms with Crippen LogP contribution in [0.2, 0.25) is 0 Å². The van der Waals surface area contributed by atoms with Crippen molar-refractivity contribution in [1.29, 1.82) is 0 Å². The molecular weight excluding hydrogens is 610 g/mol. The number of amides is 4. The van der Waals surface area contributed by atoms with Crippen LogP contribution in [-0.4, -0.2) is 49.6 Å². The van der Waals surface area contributed by atoms with E-state index in [2.05, 4.69) is 0 Å². The molecule has 4 amide bonds. The summed E-state index contributed by atoms with van der Waals surface area (Å²) in [6, 6.07) is 13.7. The van der Waals surface area contributed by atoms with Crippen molar-refractivity contribution in [3.05, 3.63) is 95.1 Å². The van der Waals surface area contributed by atoms with Crippen LogP contribution in [-0.2, 0) is 20.2 Å². The number of carbonyl (C=O) groups excluding carboxylic acids is 4. The first-order valence-corrected chi connectivity index (χ1v) is 14.1. The standard InChI is InChI=1S/C26H14N2O10S2.2Na/c29-23-17-9-11-19-22-20(26(32)28(25(19)31)14-3-7-16(8-4-14)40(36,37)38)12-10-18(21(17)22)24(30)27(23)13-1-5-15(6-2-13)39(33,34)35;;/h1-12H,(H,33,34,35)(H,36,37,38);;/q;2*+1/p-2. The number of carbonyl (C=O) groups is 4. The molecule has 0 bridgehead atoms. The summed E-state index contributed by atoms with van der Waals surface area (Å²) in [6.45, 7) is 0. The van der Waals surface area contributed by atoms with E-state index in [1.807, 2.05) is 0 Å². The molecule has 16 heteroatoms. The van der Waals surface area contributed by atoms with Gasteiger partial charge in [0.2, 0.25) is 0 Å². The fourth-order valence-electron chi connectivity index (χ4n) is 4.87. The third-order valence-electron chi connectivity index (χ3n) is 6.66. The molecule has 0 aromatic heterocycles. The Morgan fingerprint density at radius 1 is 0.429 bits per heavy atom. The molecule has 0 atom stereocenters. The molecule has 2 heterocycles. The molecule has 0 spiro atoms. The van der Waals surface area contributed by atoms with Gasteiger partial charge in [-0.05, 0) is 72.8 Å². The first kappa shape index (κ1) is 32.2. The summed E-state index contributed by atoms with van der Waals surface area (Å²) in [5, 5.41) is 0.184. The zero-order valence-corrected chi connectivity index (χ0v) is 27.4. The SMILES string of the molecule is O=C1c2ccc3c4c(ccc(c24)C(=O)N1c1ccc(S(=O)(=O)[O-])cc1)C(=O)N(c1ccc(S(=O)(=O)[O-])cc1)C3=O.[Na+].[Na+]. The molecule has 2 aliphatic rings. The molecule has 2 aliphatic heterocycles. The van der Waals surface area contributed by atoms with Crippen molar-refractivity contribution in [3.63, 3.8) is 0 Å². The van der Waals surface area contributed by atoms with E-state index in [4.69, 9.17) is 0 Å². The molecule has 0 aliphatic carbocycles. The van der Waals surface area contributed by atoms with Crippen molar-refractivity contribution < 1.29 is 104 Å². The maximum atomic E-state index is 13.5. The summed E-state index contributed by atoms with van der Waals surface area (Å²) in [4.78, 5) is 54.3. The van der Waals surface area contributed by atoms with Gasteiger partial charge in [-0.2, -0.15) is 0 Å². The summed E-state index contributed by atoms with van der Waals surface area (Å²) in [6.07, 6.45) is 0. The Morgan fingerprint density at radius 2 is 0.667 bits per heavy atom. The van der Waals surface area contributed by atoms with Gasteiger partial charge in [0.25, 0.3) is 23.6 Å². The van der Waals surface area contributed by atoms with E-state index in [0.717, 1.165) is 58.3 Å². The van der Waals surface area contributed by atoms with Crippen molar-refractivity contribution in [1.82, 2.24) is 0 Å². The number of anilines is 2. The fraction of sp³-hybridized carbons (Fsp3) is 0. The van der Waals surface area contributed by atoms with E-state index < -0.39 is 53.7 Å². The molecule has 0 radical (unpaired) electrons. The van der Waals surface area contributed by atoms with Crippen molar-refractivity contribution in [2.45, 2.75) is 9.79 Å². The molecule has 0 saturated heterocycles. The number of rotatable bonds is 4. The molecule has 0 unspecified atom stereocenters. The normalized spacial score (nSPS) is 14.5. The summed E-state index contributed by atoms with van der Waals surface area (Å²) in [5.41, 5.74) is 0.0424. The summed E-state index contributed by atoms with van der Waals surface area (Å²) < 4.78 is 67.6. The number of benzene rings is 4. The van der Waals surface area contributed by atoms with Gasteiger partial charge in [-0.3, -0.25) is 19.2 Å². The molecule has 12 nitrogen and oxygen atoms in total. The van der Waals surface area contributed by atoms with E-state index in [9.17, 15) is 45.1 Å². The van der Waals surface area contributed by atoms with E-state index in [0.29, 0.717) is 0 Å². The van der Waals surface area contributed by atoms with Gasteiger partial charge in [0.15, 0.2) is 0 Å². The van der Waals surface area contributed by atoms with Crippen LogP contribution in [0.15, 0.2) is 82.6 Å². The number of nitrogens with zero attached hydrogens (tertiary/aromatic N) is 2. The van der Waals surface area contributed by atoms with Gasteiger partial charge >= 0.3 is 59.1 Å². The molecule has 200 valence electrons. The van der Waals surface area contributed by atoms with Gasteiger partial charge in [-0.15, -0.1) is 0 Å². The van der Waals surface area contributed by atoms with Crippen molar-refractivity contribution in [2.24, 2.45) is 0 Å². The van der Waals surface area contributed by atoms with Crippen LogP contribution >= 0.6 is 0 Å². The Hall–Kier alpha value is -2.76. The summed E-state index contributed by atoms with van der Waals surface area (Å²) >= 11 is 0. The zero-order valence-electron chi connectivity index (χ0n) is 21.7. The average Bonchev–Trinajstić information content (AvgIpc) is 2.90. The smallest absolute Gasteiger partial charge is 0.744 e. The largest absolute Gasteiger partial charge is 1.00 e. The number of imide groups is 2. The van der Waals surface area contributed by atoms with Gasteiger partial charge in [-0.1, -0.05) is 0 Å². The average molecular weight is 623 g/mol. The van der Waals surface area contributed by atoms with Crippen molar-refractivity contribution in [3.8, 4) is 0 Å². The maximum Gasteiger partial charge on any atom is 1.00 e. The van der Waals surface area contributed by atoms with Crippen LogP contribution in [0.1, 0.15) is 41.4 Å². The molecule has 4 aromatic carbocycles. The third kappa shape index (κ3) is 4.97. The number of hydrogen-bond donors (Lipinski definition) is 0. The molecule has 0 saturated carbocycles. The Kier molecular flexibility index (Phi) is 8.47. The Labute approximate surface area is 282 Å². The second kappa shape index (κ2) is 11.1. The second-order valence-electron chi connectivity index (χ2n) is 8.86. The van der Waals surface area contributed by atoms with Crippen molar-refractivity contribution >= 4 is 66.0 Å². The van der Waals surface area contributed by atoms with Gasteiger partial charge in [0, 0.05) is 33.0 Å². The van der Waals surface area contributed by atoms with E-state index >= 15 is 0 Å². The van der Waals surface area contributed by atoms with E-state index in [-0.39, 0.29) is 104 Å². The fourth-order valence-corrected chi connectivity index (χ4v) is 5.81. The summed E-state index contributed by atoms with van der Waals surface area (Å²) in [7, 11) is -9.51. The van der Waals surface area contributed by atoms with Gasteiger partial charge in [0.05, 0.1) is 21.2 Å². The van der Waals surface area contributed by atoms with Crippen LogP contribution in [0.3, 0.4) is 0 Å². The Morgan fingerprint density at radius 3 is 0.881 bits per heavy atom. The molecule has 0 N–H and O–H groups in total.